The maximum atomic E-state index is 12.3. The molecule has 1 N–H and O–H groups in total. The fourth-order valence-electron chi connectivity index (χ4n) is 2.06. The van der Waals surface area contributed by atoms with Crippen LogP contribution in [0.1, 0.15) is 16.1 Å². The molecule has 104 valence electrons. The molecule has 0 radical (unpaired) electrons. The van der Waals surface area contributed by atoms with E-state index in [9.17, 15) is 4.79 Å². The lowest BCUT2D eigenvalue weighted by Crippen LogP contribution is -2.13. The highest BCUT2D eigenvalue weighted by Gasteiger charge is 2.15. The van der Waals surface area contributed by atoms with Crippen LogP contribution in [-0.2, 0) is 0 Å². The number of anilines is 1. The third kappa shape index (κ3) is 2.67. The molecule has 0 aliphatic rings. The van der Waals surface area contributed by atoms with E-state index in [0.717, 1.165) is 11.4 Å². The third-order valence-electron chi connectivity index (χ3n) is 3.15. The van der Waals surface area contributed by atoms with Gasteiger partial charge in [0.05, 0.1) is 17.5 Å². The Morgan fingerprint density at radius 2 is 1.86 bits per heavy atom. The number of nitrogens with zero attached hydrogens (tertiary/aromatic N) is 3. The Morgan fingerprint density at radius 1 is 1.10 bits per heavy atom. The zero-order chi connectivity index (χ0) is 14.7. The van der Waals surface area contributed by atoms with Crippen LogP contribution in [-0.4, -0.2) is 20.7 Å². The van der Waals surface area contributed by atoms with Crippen molar-refractivity contribution in [2.45, 2.75) is 6.92 Å². The van der Waals surface area contributed by atoms with E-state index in [1.807, 2.05) is 55.5 Å². The lowest BCUT2D eigenvalue weighted by molar-refractivity contribution is 0.102. The number of pyridine rings is 1. The molecule has 0 bridgehead atoms. The summed E-state index contributed by atoms with van der Waals surface area (Å²) in [6.45, 7) is 1.85. The highest BCUT2D eigenvalue weighted by Crippen LogP contribution is 2.14. The first-order valence-electron chi connectivity index (χ1n) is 6.58. The molecule has 0 fully saturated rings. The number of para-hydroxylation sites is 1. The summed E-state index contributed by atoms with van der Waals surface area (Å²) < 4.78 is 1.65. The van der Waals surface area contributed by atoms with Gasteiger partial charge >= 0.3 is 0 Å². The van der Waals surface area contributed by atoms with Gasteiger partial charge in [-0.05, 0) is 31.2 Å². The summed E-state index contributed by atoms with van der Waals surface area (Å²) in [6, 6.07) is 14.9. The molecule has 0 unspecified atom stereocenters. The summed E-state index contributed by atoms with van der Waals surface area (Å²) in [5.41, 5.74) is 2.04. The van der Waals surface area contributed by atoms with E-state index >= 15 is 0 Å². The van der Waals surface area contributed by atoms with Gasteiger partial charge in [-0.25, -0.2) is 9.67 Å². The molecule has 0 saturated heterocycles. The molecule has 5 heteroatoms. The lowest BCUT2D eigenvalue weighted by atomic mass is 10.2. The first-order chi connectivity index (χ1) is 10.3. The fourth-order valence-corrected chi connectivity index (χ4v) is 2.06. The number of benzene rings is 1. The van der Waals surface area contributed by atoms with Crippen molar-refractivity contribution in [2.24, 2.45) is 0 Å². The average Bonchev–Trinajstić information content (AvgIpc) is 2.91. The Morgan fingerprint density at radius 3 is 2.57 bits per heavy atom. The predicted octanol–water partition coefficient (Wildman–Crippen LogP) is 2.83. The molecule has 0 atom stereocenters. The topological polar surface area (TPSA) is 59.8 Å². The van der Waals surface area contributed by atoms with E-state index in [4.69, 9.17) is 0 Å². The first-order valence-corrected chi connectivity index (χ1v) is 6.58. The van der Waals surface area contributed by atoms with E-state index < -0.39 is 0 Å². The van der Waals surface area contributed by atoms with Crippen molar-refractivity contribution < 1.29 is 4.79 Å². The van der Waals surface area contributed by atoms with Gasteiger partial charge in [-0.2, -0.15) is 5.10 Å². The second-order valence-electron chi connectivity index (χ2n) is 4.56. The van der Waals surface area contributed by atoms with Gasteiger partial charge in [0.15, 0.2) is 5.82 Å². The molecule has 0 aliphatic heterocycles. The SMILES string of the molecule is Cc1c(C(=O)Nc2ccccc2)cnn1-c1ccccn1. The van der Waals surface area contributed by atoms with E-state index in [1.165, 1.54) is 0 Å². The largest absolute Gasteiger partial charge is 0.322 e. The number of hydrogen-bond donors (Lipinski definition) is 1. The normalized spacial score (nSPS) is 10.3. The van der Waals surface area contributed by atoms with Crippen molar-refractivity contribution in [2.75, 3.05) is 5.32 Å². The smallest absolute Gasteiger partial charge is 0.259 e. The minimum absolute atomic E-state index is 0.180. The second kappa shape index (κ2) is 5.58. The minimum atomic E-state index is -0.180. The van der Waals surface area contributed by atoms with E-state index in [1.54, 1.807) is 17.1 Å². The number of nitrogens with one attached hydrogen (secondary N) is 1. The zero-order valence-corrected chi connectivity index (χ0v) is 11.5. The number of aromatic nitrogens is 3. The first kappa shape index (κ1) is 13.1. The van der Waals surface area contributed by atoms with Crippen LogP contribution in [0.5, 0.6) is 0 Å². The average molecular weight is 278 g/mol. The number of amides is 1. The number of hydrogen-bond acceptors (Lipinski definition) is 3. The van der Waals surface area contributed by atoms with Gasteiger partial charge < -0.3 is 5.32 Å². The van der Waals surface area contributed by atoms with Gasteiger partial charge in [0.25, 0.3) is 5.91 Å². The van der Waals surface area contributed by atoms with Gasteiger partial charge in [-0.3, -0.25) is 4.79 Å². The second-order valence-corrected chi connectivity index (χ2v) is 4.56. The molecule has 2 aromatic heterocycles. The molecule has 5 nitrogen and oxygen atoms in total. The molecular weight excluding hydrogens is 264 g/mol. The Labute approximate surface area is 122 Å². The standard InChI is InChI=1S/C16H14N4O/c1-12-14(16(21)19-13-7-3-2-4-8-13)11-18-20(12)15-9-5-6-10-17-15/h2-11H,1H3,(H,19,21). The summed E-state index contributed by atoms with van der Waals surface area (Å²) >= 11 is 0. The van der Waals surface area contributed by atoms with Gasteiger partial charge in [-0.1, -0.05) is 24.3 Å². The highest BCUT2D eigenvalue weighted by molar-refractivity contribution is 6.04. The molecule has 21 heavy (non-hydrogen) atoms. The molecule has 3 rings (SSSR count). The number of carbonyl (C=O) groups excluding carboxylic acids is 1. The molecule has 0 saturated carbocycles. The highest BCUT2D eigenvalue weighted by atomic mass is 16.1. The fraction of sp³-hybridized carbons (Fsp3) is 0.0625. The van der Waals surface area contributed by atoms with Gasteiger partial charge in [0.2, 0.25) is 0 Å². The molecule has 1 aromatic carbocycles. The summed E-state index contributed by atoms with van der Waals surface area (Å²) in [5, 5.41) is 7.09. The minimum Gasteiger partial charge on any atom is -0.322 e. The van der Waals surface area contributed by atoms with Gasteiger partial charge in [0, 0.05) is 11.9 Å². The molecular formula is C16H14N4O. The molecule has 0 aliphatic carbocycles. The van der Waals surface area contributed by atoms with E-state index in [-0.39, 0.29) is 5.91 Å². The molecule has 0 spiro atoms. The summed E-state index contributed by atoms with van der Waals surface area (Å²) in [4.78, 5) is 16.5. The van der Waals surface area contributed by atoms with Crippen molar-refractivity contribution in [3.8, 4) is 5.82 Å². The van der Waals surface area contributed by atoms with E-state index in [2.05, 4.69) is 15.4 Å². The molecule has 1 amide bonds. The van der Waals surface area contributed by atoms with Crippen LogP contribution in [0.15, 0.2) is 60.9 Å². The zero-order valence-electron chi connectivity index (χ0n) is 11.5. The van der Waals surface area contributed by atoms with Crippen molar-refractivity contribution >= 4 is 11.6 Å². The Hall–Kier alpha value is -2.95. The summed E-state index contributed by atoms with van der Waals surface area (Å²) in [6.07, 6.45) is 3.25. The van der Waals surface area contributed by atoms with Crippen molar-refractivity contribution in [1.82, 2.24) is 14.8 Å². The Balaban J connectivity index is 1.87. The van der Waals surface area contributed by atoms with Crippen molar-refractivity contribution in [1.29, 1.82) is 0 Å². The van der Waals surface area contributed by atoms with Gasteiger partial charge in [0.1, 0.15) is 0 Å². The lowest BCUT2D eigenvalue weighted by Gasteiger charge is -2.05. The van der Waals surface area contributed by atoms with E-state index in [0.29, 0.717) is 11.4 Å². The van der Waals surface area contributed by atoms with Crippen molar-refractivity contribution in [3.63, 3.8) is 0 Å². The number of carbonyl (C=O) groups is 1. The van der Waals surface area contributed by atoms with Crippen LogP contribution in [0.25, 0.3) is 5.82 Å². The van der Waals surface area contributed by atoms with Crippen LogP contribution in [0.4, 0.5) is 5.69 Å². The summed E-state index contributed by atoms with van der Waals surface area (Å²) in [5.74, 6) is 0.509. The van der Waals surface area contributed by atoms with Crippen molar-refractivity contribution in [3.05, 3.63) is 72.2 Å². The van der Waals surface area contributed by atoms with Crippen LogP contribution in [0, 0.1) is 6.92 Å². The third-order valence-corrected chi connectivity index (χ3v) is 3.15. The van der Waals surface area contributed by atoms with Crippen LogP contribution >= 0.6 is 0 Å². The Kier molecular flexibility index (Phi) is 3.47. The molecule has 2 heterocycles. The molecule has 3 aromatic rings. The van der Waals surface area contributed by atoms with Crippen LogP contribution < -0.4 is 5.32 Å². The monoisotopic (exact) mass is 278 g/mol. The maximum absolute atomic E-state index is 12.3. The predicted molar refractivity (Wildman–Crippen MR) is 80.5 cm³/mol. The quantitative estimate of drug-likeness (QED) is 0.801. The number of rotatable bonds is 3. The van der Waals surface area contributed by atoms with Crippen LogP contribution in [0.2, 0.25) is 0 Å². The Bertz CT molecular complexity index is 750. The van der Waals surface area contributed by atoms with Crippen LogP contribution in [0.3, 0.4) is 0 Å². The van der Waals surface area contributed by atoms with Gasteiger partial charge in [-0.15, -0.1) is 0 Å². The maximum Gasteiger partial charge on any atom is 0.259 e. The summed E-state index contributed by atoms with van der Waals surface area (Å²) in [7, 11) is 0.